The van der Waals surface area contributed by atoms with Gasteiger partial charge >= 0.3 is 6.18 Å². The molecule has 0 saturated heterocycles. The number of carbonyl (C=O) groups excluding carboxylic acids is 1. The van der Waals surface area contributed by atoms with E-state index in [1.54, 1.807) is 43.3 Å². The number of halogens is 5. The van der Waals surface area contributed by atoms with Crippen molar-refractivity contribution in [2.24, 2.45) is 4.99 Å². The monoisotopic (exact) mass is 521 g/mol. The molecule has 2 N–H and O–H groups in total. The molecule has 3 rings (SSSR count). The lowest BCUT2D eigenvalue weighted by atomic mass is 10.0. The van der Waals surface area contributed by atoms with Crippen molar-refractivity contribution in [1.29, 1.82) is 5.41 Å². The number of rotatable bonds is 7. The zero-order valence-corrected chi connectivity index (χ0v) is 20.1. The van der Waals surface area contributed by atoms with E-state index in [0.717, 1.165) is 5.56 Å². The number of carbonyl (C=O) groups is 1. The van der Waals surface area contributed by atoms with Gasteiger partial charge in [0, 0.05) is 23.1 Å². The first-order valence-corrected chi connectivity index (χ1v) is 11.0. The molecule has 0 atom stereocenters. The Morgan fingerprint density at radius 1 is 1.03 bits per heavy atom. The summed E-state index contributed by atoms with van der Waals surface area (Å²) < 4.78 is 44.4. The van der Waals surface area contributed by atoms with E-state index in [1.165, 1.54) is 31.4 Å². The van der Waals surface area contributed by atoms with E-state index in [2.05, 4.69) is 10.3 Å². The fourth-order valence-electron chi connectivity index (χ4n) is 3.10. The second kappa shape index (κ2) is 10.9. The number of benzene rings is 3. The first-order chi connectivity index (χ1) is 16.5. The zero-order chi connectivity index (χ0) is 25.8. The predicted octanol–water partition coefficient (Wildman–Crippen LogP) is 7.66. The van der Waals surface area contributed by atoms with Gasteiger partial charge in [-0.05, 0) is 48.4 Å². The summed E-state index contributed by atoms with van der Waals surface area (Å²) in [6.07, 6.45) is -5.56. The van der Waals surface area contributed by atoms with Crippen LogP contribution in [0.25, 0.3) is 0 Å². The maximum absolute atomic E-state index is 13.1. The molecule has 1 amide bonds. The van der Waals surface area contributed by atoms with E-state index in [9.17, 15) is 18.0 Å². The van der Waals surface area contributed by atoms with Gasteiger partial charge in [0.25, 0.3) is 5.91 Å². The van der Waals surface area contributed by atoms with Crippen molar-refractivity contribution in [1.82, 2.24) is 0 Å². The molecule has 35 heavy (non-hydrogen) atoms. The summed E-state index contributed by atoms with van der Waals surface area (Å²) in [6, 6.07) is 15.6. The Morgan fingerprint density at radius 2 is 1.66 bits per heavy atom. The molecule has 0 fully saturated rings. The summed E-state index contributed by atoms with van der Waals surface area (Å²) in [5, 5.41) is 10.9. The molecule has 0 aliphatic heterocycles. The number of para-hydroxylation sites is 1. The predicted molar refractivity (Wildman–Crippen MR) is 133 cm³/mol. The highest BCUT2D eigenvalue weighted by atomic mass is 35.5. The fourth-order valence-corrected chi connectivity index (χ4v) is 3.43. The van der Waals surface area contributed by atoms with Gasteiger partial charge in [0.1, 0.15) is 11.5 Å². The third kappa shape index (κ3) is 6.61. The van der Waals surface area contributed by atoms with Crippen LogP contribution in [0.4, 0.5) is 24.5 Å². The lowest BCUT2D eigenvalue weighted by molar-refractivity contribution is -0.0605. The average Bonchev–Trinajstić information content (AvgIpc) is 2.81. The van der Waals surface area contributed by atoms with E-state index in [4.69, 9.17) is 33.3 Å². The molecule has 0 radical (unpaired) electrons. The first kappa shape index (κ1) is 26.2. The highest BCUT2D eigenvalue weighted by molar-refractivity contribution is 6.33. The normalized spacial score (nSPS) is 11.8. The molecule has 3 aromatic rings. The molecule has 0 aromatic heterocycles. The van der Waals surface area contributed by atoms with Crippen molar-refractivity contribution in [3.8, 4) is 5.75 Å². The molecule has 0 heterocycles. The van der Waals surface area contributed by atoms with Crippen LogP contribution >= 0.6 is 23.2 Å². The third-order valence-corrected chi connectivity index (χ3v) is 5.73. The van der Waals surface area contributed by atoms with Gasteiger partial charge in [-0.2, -0.15) is 13.2 Å². The first-order valence-electron chi connectivity index (χ1n) is 10.2. The summed E-state index contributed by atoms with van der Waals surface area (Å²) in [5.74, 6) is -0.0745. The van der Waals surface area contributed by atoms with Crippen LogP contribution < -0.4 is 10.1 Å². The number of nitrogens with zero attached hydrogens (tertiary/aromatic N) is 1. The number of alkyl halides is 3. The molecule has 3 aromatic carbocycles. The summed E-state index contributed by atoms with van der Waals surface area (Å²) in [5.41, 5.74) is 0.541. The van der Waals surface area contributed by atoms with E-state index in [0.29, 0.717) is 22.0 Å². The van der Waals surface area contributed by atoms with Crippen LogP contribution in [-0.4, -0.2) is 30.6 Å². The molecule has 0 bridgehead atoms. The Labute approximate surface area is 210 Å². The second-order valence-corrected chi connectivity index (χ2v) is 8.31. The molecular formula is C25H20Cl2F3N3O2. The zero-order valence-electron chi connectivity index (χ0n) is 18.6. The fraction of sp³-hybridized carbons (Fsp3) is 0.160. The van der Waals surface area contributed by atoms with Crippen molar-refractivity contribution < 1.29 is 22.7 Å². The van der Waals surface area contributed by atoms with E-state index < -0.39 is 24.2 Å². The summed E-state index contributed by atoms with van der Waals surface area (Å²) in [6.45, 7) is 1.78. The SMILES string of the molecule is COc1cc(Cl)c(C)cc1NC(=O)c1ccc(C(CC(=N)C(F)(F)F)=Nc2ccccc2Cl)cc1. The Morgan fingerprint density at radius 3 is 2.26 bits per heavy atom. The molecule has 0 aliphatic carbocycles. The van der Waals surface area contributed by atoms with Crippen LogP contribution in [0.1, 0.15) is 27.9 Å². The Hall–Kier alpha value is -3.36. The van der Waals surface area contributed by atoms with Gasteiger partial charge < -0.3 is 15.5 Å². The van der Waals surface area contributed by atoms with Crippen LogP contribution in [0.2, 0.25) is 10.0 Å². The van der Waals surface area contributed by atoms with Gasteiger partial charge in [0.05, 0.1) is 29.2 Å². The Balaban J connectivity index is 1.91. The smallest absolute Gasteiger partial charge is 0.429 e. The van der Waals surface area contributed by atoms with E-state index >= 15 is 0 Å². The summed E-state index contributed by atoms with van der Waals surface area (Å²) in [7, 11) is 1.45. The maximum atomic E-state index is 13.1. The maximum Gasteiger partial charge on any atom is 0.429 e. The number of nitrogens with one attached hydrogen (secondary N) is 2. The van der Waals surface area contributed by atoms with Crippen LogP contribution in [0.15, 0.2) is 65.7 Å². The Bertz CT molecular complexity index is 1290. The average molecular weight is 522 g/mol. The number of hydrogen-bond acceptors (Lipinski definition) is 4. The Kier molecular flexibility index (Phi) is 8.19. The number of methoxy groups -OCH3 is 1. The van der Waals surface area contributed by atoms with Crippen molar-refractivity contribution in [3.05, 3.63) is 87.4 Å². The molecule has 182 valence electrons. The number of hydrogen-bond donors (Lipinski definition) is 2. The van der Waals surface area contributed by atoms with Crippen molar-refractivity contribution >= 4 is 51.9 Å². The third-order valence-electron chi connectivity index (χ3n) is 5.00. The minimum atomic E-state index is -4.79. The second-order valence-electron chi connectivity index (χ2n) is 7.50. The summed E-state index contributed by atoms with van der Waals surface area (Å²) in [4.78, 5) is 17.1. The lowest BCUT2D eigenvalue weighted by Crippen LogP contribution is -2.25. The highest BCUT2D eigenvalue weighted by Gasteiger charge is 2.35. The molecule has 5 nitrogen and oxygen atoms in total. The molecule has 0 spiro atoms. The van der Waals surface area contributed by atoms with Crippen molar-refractivity contribution in [2.75, 3.05) is 12.4 Å². The molecule has 0 unspecified atom stereocenters. The molecule has 0 saturated carbocycles. The van der Waals surface area contributed by atoms with Gasteiger partial charge in [0.2, 0.25) is 0 Å². The topological polar surface area (TPSA) is 74.5 Å². The van der Waals surface area contributed by atoms with Gasteiger partial charge in [-0.1, -0.05) is 47.5 Å². The van der Waals surface area contributed by atoms with Gasteiger partial charge in [-0.3, -0.25) is 9.79 Å². The minimum absolute atomic E-state index is 0.0117. The van der Waals surface area contributed by atoms with Gasteiger partial charge in [0.15, 0.2) is 0 Å². The quantitative estimate of drug-likeness (QED) is 0.313. The van der Waals surface area contributed by atoms with Crippen LogP contribution in [0.3, 0.4) is 0 Å². The molecular weight excluding hydrogens is 502 g/mol. The van der Waals surface area contributed by atoms with Gasteiger partial charge in [-0.25, -0.2) is 0 Å². The highest BCUT2D eigenvalue weighted by Crippen LogP contribution is 2.31. The number of aliphatic imine (C=N–C) groups is 1. The lowest BCUT2D eigenvalue weighted by Gasteiger charge is -2.13. The number of amides is 1. The number of ether oxygens (including phenoxy) is 1. The van der Waals surface area contributed by atoms with Gasteiger partial charge in [-0.15, -0.1) is 0 Å². The van der Waals surface area contributed by atoms with Crippen LogP contribution in [0, 0.1) is 12.3 Å². The standard InChI is InChI=1S/C25H20Cl2F3N3O2/c1-14-11-21(22(35-2)12-18(14)27)33-24(34)16-9-7-15(8-10-16)20(13-23(31)25(28,29)30)32-19-6-4-3-5-17(19)26/h3-12,31H,13H2,1-2H3,(H,33,34). The van der Waals surface area contributed by atoms with Crippen molar-refractivity contribution in [2.45, 2.75) is 19.5 Å². The van der Waals surface area contributed by atoms with Crippen LogP contribution in [-0.2, 0) is 0 Å². The van der Waals surface area contributed by atoms with E-state index in [-0.39, 0.29) is 22.0 Å². The van der Waals surface area contributed by atoms with Crippen LogP contribution in [0.5, 0.6) is 5.75 Å². The number of anilines is 1. The minimum Gasteiger partial charge on any atom is -0.495 e. The largest absolute Gasteiger partial charge is 0.495 e. The molecule has 10 heteroatoms. The van der Waals surface area contributed by atoms with E-state index in [1.807, 2.05) is 0 Å². The molecule has 0 aliphatic rings. The number of aryl methyl sites for hydroxylation is 1. The summed E-state index contributed by atoms with van der Waals surface area (Å²) >= 11 is 12.2. The van der Waals surface area contributed by atoms with Crippen molar-refractivity contribution in [3.63, 3.8) is 0 Å².